The smallest absolute Gasteiger partial charge is 0.310 e. The van der Waals surface area contributed by atoms with Gasteiger partial charge in [-0.3, -0.25) is 9.59 Å². The van der Waals surface area contributed by atoms with Crippen LogP contribution in [0.3, 0.4) is 0 Å². The Morgan fingerprint density at radius 1 is 1.25 bits per heavy atom. The van der Waals surface area contributed by atoms with Crippen LogP contribution in [0.2, 0.25) is 0 Å². The first-order valence-electron chi connectivity index (χ1n) is 7.58. The maximum absolute atomic E-state index is 11.9. The van der Waals surface area contributed by atoms with Gasteiger partial charge in [0.1, 0.15) is 0 Å². The molecule has 5 heteroatoms. The highest BCUT2D eigenvalue weighted by atomic mass is 16.4. The van der Waals surface area contributed by atoms with Gasteiger partial charge in [0, 0.05) is 19.5 Å². The molecule has 0 aliphatic carbocycles. The number of carbonyl (C=O) groups excluding carboxylic acids is 1. The van der Waals surface area contributed by atoms with E-state index < -0.39 is 11.4 Å². The molecule has 20 heavy (non-hydrogen) atoms. The second-order valence-electron chi connectivity index (χ2n) is 6.31. The Hall–Kier alpha value is -1.10. The van der Waals surface area contributed by atoms with Crippen LogP contribution in [-0.2, 0) is 9.59 Å². The number of nitrogens with zero attached hydrogens (tertiary/aromatic N) is 1. The highest BCUT2D eigenvalue weighted by Gasteiger charge is 2.38. The van der Waals surface area contributed by atoms with Crippen molar-refractivity contribution in [2.24, 2.45) is 11.3 Å². The van der Waals surface area contributed by atoms with E-state index in [1.807, 2.05) is 13.8 Å². The SMILES string of the molecule is CC(C)C(C)(CC(=O)NCCN1CCCCC1)C(=O)O. The van der Waals surface area contributed by atoms with E-state index in [-0.39, 0.29) is 18.2 Å². The van der Waals surface area contributed by atoms with Gasteiger partial charge >= 0.3 is 5.97 Å². The maximum Gasteiger partial charge on any atom is 0.310 e. The molecule has 1 amide bonds. The summed E-state index contributed by atoms with van der Waals surface area (Å²) in [4.78, 5) is 25.6. The van der Waals surface area contributed by atoms with Crippen LogP contribution in [0.1, 0.15) is 46.5 Å². The normalized spacial score (nSPS) is 19.6. The van der Waals surface area contributed by atoms with E-state index in [2.05, 4.69) is 10.2 Å². The molecule has 1 heterocycles. The Balaban J connectivity index is 2.33. The van der Waals surface area contributed by atoms with Crippen molar-refractivity contribution in [1.29, 1.82) is 0 Å². The van der Waals surface area contributed by atoms with Gasteiger partial charge in [0.15, 0.2) is 0 Å². The van der Waals surface area contributed by atoms with Gasteiger partial charge in [-0.1, -0.05) is 20.3 Å². The number of carboxylic acid groups (broad SMARTS) is 1. The summed E-state index contributed by atoms with van der Waals surface area (Å²) in [6.07, 6.45) is 3.81. The van der Waals surface area contributed by atoms with Crippen molar-refractivity contribution in [3.8, 4) is 0 Å². The summed E-state index contributed by atoms with van der Waals surface area (Å²) < 4.78 is 0. The number of aliphatic carboxylic acids is 1. The molecule has 0 bridgehead atoms. The number of carbonyl (C=O) groups is 2. The molecule has 1 rings (SSSR count). The Labute approximate surface area is 121 Å². The van der Waals surface area contributed by atoms with E-state index in [1.54, 1.807) is 6.92 Å². The summed E-state index contributed by atoms with van der Waals surface area (Å²) in [5.74, 6) is -1.15. The number of hydrogen-bond donors (Lipinski definition) is 2. The molecule has 1 aliphatic heterocycles. The van der Waals surface area contributed by atoms with E-state index in [0.717, 1.165) is 19.6 Å². The largest absolute Gasteiger partial charge is 0.481 e. The van der Waals surface area contributed by atoms with Gasteiger partial charge in [0.25, 0.3) is 0 Å². The van der Waals surface area contributed by atoms with Crippen LogP contribution in [0.5, 0.6) is 0 Å². The molecule has 1 unspecified atom stereocenters. The zero-order valence-electron chi connectivity index (χ0n) is 12.9. The molecular formula is C15H28N2O3. The van der Waals surface area contributed by atoms with Gasteiger partial charge < -0.3 is 15.3 Å². The van der Waals surface area contributed by atoms with Gasteiger partial charge in [0.2, 0.25) is 5.91 Å². The molecule has 2 N–H and O–H groups in total. The van der Waals surface area contributed by atoms with E-state index in [0.29, 0.717) is 6.54 Å². The summed E-state index contributed by atoms with van der Waals surface area (Å²) in [5.41, 5.74) is -0.991. The predicted octanol–water partition coefficient (Wildman–Crippen LogP) is 1.73. The van der Waals surface area contributed by atoms with Gasteiger partial charge in [-0.05, 0) is 38.8 Å². The van der Waals surface area contributed by atoms with Crippen LogP contribution in [0.15, 0.2) is 0 Å². The van der Waals surface area contributed by atoms with Crippen molar-refractivity contribution in [2.75, 3.05) is 26.2 Å². The van der Waals surface area contributed by atoms with E-state index in [1.165, 1.54) is 19.3 Å². The van der Waals surface area contributed by atoms with Crippen molar-refractivity contribution < 1.29 is 14.7 Å². The Morgan fingerprint density at radius 3 is 2.35 bits per heavy atom. The highest BCUT2D eigenvalue weighted by molar-refractivity contribution is 5.84. The number of rotatable bonds is 7. The van der Waals surface area contributed by atoms with Crippen molar-refractivity contribution in [2.45, 2.75) is 46.5 Å². The zero-order chi connectivity index (χ0) is 15.2. The molecular weight excluding hydrogens is 256 g/mol. The van der Waals surface area contributed by atoms with Crippen LogP contribution in [0.25, 0.3) is 0 Å². The lowest BCUT2D eigenvalue weighted by molar-refractivity contribution is -0.153. The average Bonchev–Trinajstić information content (AvgIpc) is 2.39. The molecule has 0 aromatic rings. The summed E-state index contributed by atoms with van der Waals surface area (Å²) in [7, 11) is 0. The fourth-order valence-corrected chi connectivity index (χ4v) is 2.46. The lowest BCUT2D eigenvalue weighted by Gasteiger charge is -2.29. The standard InChI is InChI=1S/C15H28N2O3/c1-12(2)15(3,14(19)20)11-13(18)16-7-10-17-8-5-4-6-9-17/h12H,4-11H2,1-3H3,(H,16,18)(H,19,20). The number of piperidine rings is 1. The van der Waals surface area contributed by atoms with Gasteiger partial charge in [-0.2, -0.15) is 0 Å². The molecule has 5 nitrogen and oxygen atoms in total. The van der Waals surface area contributed by atoms with Crippen molar-refractivity contribution in [3.63, 3.8) is 0 Å². The number of likely N-dealkylation sites (tertiary alicyclic amines) is 1. The minimum atomic E-state index is -0.991. The molecule has 1 aliphatic rings. The Bertz CT molecular complexity index is 338. The number of nitrogens with one attached hydrogen (secondary N) is 1. The quantitative estimate of drug-likeness (QED) is 0.747. The maximum atomic E-state index is 11.9. The second kappa shape index (κ2) is 7.62. The molecule has 1 fully saturated rings. The van der Waals surface area contributed by atoms with E-state index >= 15 is 0 Å². The molecule has 1 atom stereocenters. The zero-order valence-corrected chi connectivity index (χ0v) is 12.9. The number of carboxylic acids is 1. The first kappa shape index (κ1) is 17.0. The van der Waals surface area contributed by atoms with Crippen LogP contribution >= 0.6 is 0 Å². The van der Waals surface area contributed by atoms with Crippen molar-refractivity contribution >= 4 is 11.9 Å². The second-order valence-corrected chi connectivity index (χ2v) is 6.31. The minimum Gasteiger partial charge on any atom is -0.481 e. The first-order chi connectivity index (χ1) is 9.36. The molecule has 0 saturated carbocycles. The molecule has 0 aromatic heterocycles. The number of amides is 1. The summed E-state index contributed by atoms with van der Waals surface area (Å²) in [6.45, 7) is 9.00. The monoisotopic (exact) mass is 284 g/mol. The Kier molecular flexibility index (Phi) is 6.46. The molecule has 0 spiro atoms. The summed E-state index contributed by atoms with van der Waals surface area (Å²) >= 11 is 0. The highest BCUT2D eigenvalue weighted by Crippen LogP contribution is 2.31. The fourth-order valence-electron chi connectivity index (χ4n) is 2.46. The third-order valence-electron chi connectivity index (χ3n) is 4.49. The van der Waals surface area contributed by atoms with Crippen LogP contribution in [0.4, 0.5) is 0 Å². The van der Waals surface area contributed by atoms with Crippen LogP contribution in [-0.4, -0.2) is 48.1 Å². The van der Waals surface area contributed by atoms with Crippen molar-refractivity contribution in [1.82, 2.24) is 10.2 Å². The third-order valence-corrected chi connectivity index (χ3v) is 4.49. The predicted molar refractivity (Wildman–Crippen MR) is 78.5 cm³/mol. The topological polar surface area (TPSA) is 69.6 Å². The number of hydrogen-bond acceptors (Lipinski definition) is 3. The molecule has 1 saturated heterocycles. The van der Waals surface area contributed by atoms with Crippen LogP contribution < -0.4 is 5.32 Å². The summed E-state index contributed by atoms with van der Waals surface area (Å²) in [5, 5.41) is 12.1. The average molecular weight is 284 g/mol. The van der Waals surface area contributed by atoms with Crippen LogP contribution in [0, 0.1) is 11.3 Å². The van der Waals surface area contributed by atoms with E-state index in [9.17, 15) is 14.7 Å². The lowest BCUT2D eigenvalue weighted by Crippen LogP contribution is -2.42. The lowest BCUT2D eigenvalue weighted by atomic mass is 9.76. The Morgan fingerprint density at radius 2 is 1.85 bits per heavy atom. The molecule has 0 radical (unpaired) electrons. The molecule has 0 aromatic carbocycles. The third kappa shape index (κ3) is 4.78. The summed E-state index contributed by atoms with van der Waals surface area (Å²) in [6, 6.07) is 0. The fraction of sp³-hybridized carbons (Fsp3) is 0.867. The van der Waals surface area contributed by atoms with E-state index in [4.69, 9.17) is 0 Å². The first-order valence-corrected chi connectivity index (χ1v) is 7.58. The molecule has 116 valence electrons. The van der Waals surface area contributed by atoms with Gasteiger partial charge in [-0.25, -0.2) is 0 Å². The minimum absolute atomic E-state index is 0.0417. The van der Waals surface area contributed by atoms with Gasteiger partial charge in [0.05, 0.1) is 5.41 Å². The van der Waals surface area contributed by atoms with Crippen molar-refractivity contribution in [3.05, 3.63) is 0 Å². The van der Waals surface area contributed by atoms with Gasteiger partial charge in [-0.15, -0.1) is 0 Å².